The standard InChI is InChI=1S/C20H16F2N6O2/c1-20(21,22)19(29)25-17-9-5-6-13(24-17)12-30-18-10-15-16(11-23-27-26-15)28(18)14-7-3-2-4-8-14/h2-11H,12H2,1H3,(H,24,25,29). The topological polar surface area (TPSA) is 94.8 Å². The number of benzene rings is 1. The van der Waals surface area contributed by atoms with E-state index >= 15 is 0 Å². The van der Waals surface area contributed by atoms with Crippen molar-refractivity contribution >= 4 is 22.8 Å². The van der Waals surface area contributed by atoms with Gasteiger partial charge in [0, 0.05) is 18.7 Å². The average Bonchev–Trinajstić information content (AvgIpc) is 3.11. The van der Waals surface area contributed by atoms with Crippen LogP contribution in [0.4, 0.5) is 14.6 Å². The summed E-state index contributed by atoms with van der Waals surface area (Å²) >= 11 is 0. The van der Waals surface area contributed by atoms with Crippen LogP contribution in [0.3, 0.4) is 0 Å². The number of halogens is 2. The van der Waals surface area contributed by atoms with Gasteiger partial charge in [-0.05, 0) is 29.5 Å². The summed E-state index contributed by atoms with van der Waals surface area (Å²) in [6.07, 6.45) is 1.58. The van der Waals surface area contributed by atoms with Crippen LogP contribution in [-0.2, 0) is 11.4 Å². The van der Waals surface area contributed by atoms with E-state index in [0.29, 0.717) is 29.5 Å². The largest absolute Gasteiger partial charge is 0.472 e. The van der Waals surface area contributed by atoms with Crippen LogP contribution in [0.25, 0.3) is 16.7 Å². The van der Waals surface area contributed by atoms with Gasteiger partial charge in [-0.3, -0.25) is 9.36 Å². The normalized spacial score (nSPS) is 11.4. The predicted octanol–water partition coefficient (Wildman–Crippen LogP) is 3.38. The molecule has 3 heterocycles. The van der Waals surface area contributed by atoms with Crippen LogP contribution in [0, 0.1) is 0 Å². The van der Waals surface area contributed by atoms with Crippen molar-refractivity contribution in [1.82, 2.24) is 25.0 Å². The van der Waals surface area contributed by atoms with Gasteiger partial charge < -0.3 is 10.1 Å². The van der Waals surface area contributed by atoms with Crippen molar-refractivity contribution in [3.05, 3.63) is 66.5 Å². The molecule has 0 aliphatic heterocycles. The number of rotatable bonds is 6. The number of para-hydroxylation sites is 1. The number of carbonyl (C=O) groups is 1. The molecular weight excluding hydrogens is 394 g/mol. The van der Waals surface area contributed by atoms with Crippen molar-refractivity contribution in [3.63, 3.8) is 0 Å². The van der Waals surface area contributed by atoms with E-state index in [2.05, 4.69) is 25.7 Å². The van der Waals surface area contributed by atoms with Gasteiger partial charge in [0.1, 0.15) is 17.9 Å². The molecule has 0 unspecified atom stereocenters. The second-order valence-corrected chi connectivity index (χ2v) is 6.50. The first kappa shape index (κ1) is 19.4. The first-order valence-corrected chi connectivity index (χ1v) is 8.95. The highest BCUT2D eigenvalue weighted by Gasteiger charge is 2.32. The Hall–Kier alpha value is -3.95. The van der Waals surface area contributed by atoms with Crippen LogP contribution in [0.1, 0.15) is 12.6 Å². The highest BCUT2D eigenvalue weighted by atomic mass is 19.3. The number of pyridine rings is 1. The van der Waals surface area contributed by atoms with E-state index in [1.807, 2.05) is 34.9 Å². The number of hydrogen-bond donors (Lipinski definition) is 1. The van der Waals surface area contributed by atoms with E-state index in [4.69, 9.17) is 4.74 Å². The predicted molar refractivity (Wildman–Crippen MR) is 104 cm³/mol. The molecule has 0 fully saturated rings. The third-order valence-corrected chi connectivity index (χ3v) is 4.20. The number of carbonyl (C=O) groups excluding carboxylic acids is 1. The molecule has 0 aliphatic rings. The average molecular weight is 410 g/mol. The molecule has 30 heavy (non-hydrogen) atoms. The summed E-state index contributed by atoms with van der Waals surface area (Å²) in [6, 6.07) is 15.9. The summed E-state index contributed by atoms with van der Waals surface area (Å²) < 4.78 is 34.0. The second-order valence-electron chi connectivity index (χ2n) is 6.50. The molecule has 8 nitrogen and oxygen atoms in total. The van der Waals surface area contributed by atoms with Gasteiger partial charge in [-0.2, -0.15) is 8.78 Å². The number of anilines is 1. The fraction of sp³-hybridized carbons (Fsp3) is 0.150. The summed E-state index contributed by atoms with van der Waals surface area (Å²) in [4.78, 5) is 15.6. The number of nitrogens with one attached hydrogen (secondary N) is 1. The SMILES string of the molecule is CC(F)(F)C(=O)Nc1cccc(COc2cc3nnncc3n2-c2ccccc2)n1. The molecule has 0 bridgehead atoms. The molecule has 1 aromatic carbocycles. The van der Waals surface area contributed by atoms with Gasteiger partial charge in [0.25, 0.3) is 5.91 Å². The lowest BCUT2D eigenvalue weighted by Gasteiger charge is -2.13. The maximum absolute atomic E-state index is 13.1. The van der Waals surface area contributed by atoms with Gasteiger partial charge in [-0.25, -0.2) is 4.98 Å². The maximum atomic E-state index is 13.1. The fourth-order valence-electron chi connectivity index (χ4n) is 2.80. The molecular formula is C20H16F2N6O2. The van der Waals surface area contributed by atoms with Crippen LogP contribution >= 0.6 is 0 Å². The smallest absolute Gasteiger partial charge is 0.322 e. The van der Waals surface area contributed by atoms with Crippen molar-refractivity contribution < 1.29 is 18.3 Å². The fourth-order valence-corrected chi connectivity index (χ4v) is 2.80. The van der Waals surface area contributed by atoms with E-state index < -0.39 is 11.8 Å². The summed E-state index contributed by atoms with van der Waals surface area (Å²) in [5, 5.41) is 13.6. The monoisotopic (exact) mass is 410 g/mol. The number of fused-ring (bicyclic) bond motifs is 1. The number of aromatic nitrogens is 5. The minimum atomic E-state index is -3.50. The Bertz CT molecular complexity index is 1190. The molecule has 0 saturated heterocycles. The minimum Gasteiger partial charge on any atom is -0.472 e. The van der Waals surface area contributed by atoms with Crippen LogP contribution < -0.4 is 10.1 Å². The highest BCUT2D eigenvalue weighted by molar-refractivity contribution is 5.94. The number of hydrogen-bond acceptors (Lipinski definition) is 6. The van der Waals surface area contributed by atoms with Gasteiger partial charge in [-0.1, -0.05) is 24.3 Å². The molecule has 0 aliphatic carbocycles. The van der Waals surface area contributed by atoms with Gasteiger partial charge in [0.15, 0.2) is 0 Å². The zero-order valence-electron chi connectivity index (χ0n) is 15.8. The first-order valence-electron chi connectivity index (χ1n) is 8.95. The Morgan fingerprint density at radius 1 is 1.17 bits per heavy atom. The molecule has 0 saturated carbocycles. The minimum absolute atomic E-state index is 0.0151. The zero-order valence-corrected chi connectivity index (χ0v) is 15.8. The number of amides is 1. The number of ether oxygens (including phenoxy) is 1. The molecule has 152 valence electrons. The Kier molecular flexibility index (Phi) is 5.05. The Morgan fingerprint density at radius 2 is 1.97 bits per heavy atom. The molecule has 1 N–H and O–H groups in total. The number of nitrogens with zero attached hydrogens (tertiary/aromatic N) is 5. The van der Waals surface area contributed by atoms with E-state index in [1.54, 1.807) is 24.4 Å². The molecule has 10 heteroatoms. The van der Waals surface area contributed by atoms with E-state index in [9.17, 15) is 13.6 Å². The lowest BCUT2D eigenvalue weighted by molar-refractivity contribution is -0.137. The van der Waals surface area contributed by atoms with Crippen molar-refractivity contribution in [3.8, 4) is 11.6 Å². The van der Waals surface area contributed by atoms with Gasteiger partial charge >= 0.3 is 5.92 Å². The molecule has 4 rings (SSSR count). The second kappa shape index (κ2) is 7.82. The Balaban J connectivity index is 1.59. The molecule has 1 amide bonds. The molecule has 3 aromatic heterocycles. The third-order valence-electron chi connectivity index (χ3n) is 4.20. The van der Waals surface area contributed by atoms with Crippen molar-refractivity contribution in [2.75, 3.05) is 5.32 Å². The van der Waals surface area contributed by atoms with Gasteiger partial charge in [0.05, 0.1) is 17.4 Å². The third kappa shape index (κ3) is 4.07. The van der Waals surface area contributed by atoms with Gasteiger partial charge in [-0.15, -0.1) is 10.2 Å². The first-order chi connectivity index (χ1) is 14.4. The van der Waals surface area contributed by atoms with Crippen LogP contribution in [0.15, 0.2) is 60.8 Å². The number of alkyl halides is 2. The van der Waals surface area contributed by atoms with E-state index in [1.165, 1.54) is 6.07 Å². The van der Waals surface area contributed by atoms with Gasteiger partial charge in [0.2, 0.25) is 5.88 Å². The molecule has 0 atom stereocenters. The van der Waals surface area contributed by atoms with E-state index in [0.717, 1.165) is 5.69 Å². The summed E-state index contributed by atoms with van der Waals surface area (Å²) in [7, 11) is 0. The maximum Gasteiger partial charge on any atom is 0.322 e. The van der Waals surface area contributed by atoms with Crippen LogP contribution in [-0.4, -0.2) is 36.8 Å². The Labute approximate surface area is 169 Å². The lowest BCUT2D eigenvalue weighted by Crippen LogP contribution is -2.31. The lowest BCUT2D eigenvalue weighted by atomic mass is 10.3. The zero-order chi connectivity index (χ0) is 21.1. The summed E-state index contributed by atoms with van der Waals surface area (Å²) in [5.74, 6) is -4.43. The van der Waals surface area contributed by atoms with Crippen molar-refractivity contribution in [1.29, 1.82) is 0 Å². The Morgan fingerprint density at radius 3 is 2.73 bits per heavy atom. The molecule has 4 aromatic rings. The highest BCUT2D eigenvalue weighted by Crippen LogP contribution is 2.28. The molecule has 0 spiro atoms. The summed E-state index contributed by atoms with van der Waals surface area (Å²) in [6.45, 7) is 0.561. The van der Waals surface area contributed by atoms with Crippen LogP contribution in [0.5, 0.6) is 5.88 Å². The summed E-state index contributed by atoms with van der Waals surface area (Å²) in [5.41, 5.74) is 2.60. The quantitative estimate of drug-likeness (QED) is 0.524. The van der Waals surface area contributed by atoms with Crippen molar-refractivity contribution in [2.24, 2.45) is 0 Å². The van der Waals surface area contributed by atoms with E-state index in [-0.39, 0.29) is 12.4 Å². The molecule has 0 radical (unpaired) electrons. The van der Waals surface area contributed by atoms with Crippen molar-refractivity contribution in [2.45, 2.75) is 19.5 Å². The van der Waals surface area contributed by atoms with Crippen LogP contribution in [0.2, 0.25) is 0 Å².